The van der Waals surface area contributed by atoms with Crippen LogP contribution in [0.3, 0.4) is 0 Å². The number of hydrogen-bond acceptors (Lipinski definition) is 5. The van der Waals surface area contributed by atoms with Gasteiger partial charge < -0.3 is 20.5 Å². The minimum absolute atomic E-state index is 0.0245. The van der Waals surface area contributed by atoms with Gasteiger partial charge in [-0.2, -0.15) is 0 Å². The molecule has 158 valence electrons. The number of carbonyl (C=O) groups excluding carboxylic acids is 1. The first-order chi connectivity index (χ1) is 13.2. The van der Waals surface area contributed by atoms with Gasteiger partial charge in [-0.05, 0) is 44.4 Å². The lowest BCUT2D eigenvalue weighted by atomic mass is 9.97. The smallest absolute Gasteiger partial charge is 0.319 e. The number of anilines is 1. The van der Waals surface area contributed by atoms with E-state index in [-0.39, 0.29) is 31.1 Å². The van der Waals surface area contributed by atoms with Gasteiger partial charge in [0.15, 0.2) is 0 Å². The molecule has 0 bridgehead atoms. The normalized spacial score (nSPS) is 22.6. The predicted molar refractivity (Wildman–Crippen MR) is 109 cm³/mol. The number of halogens is 2. The van der Waals surface area contributed by atoms with Gasteiger partial charge in [0, 0.05) is 22.3 Å². The van der Waals surface area contributed by atoms with E-state index in [1.165, 1.54) is 0 Å². The molecule has 0 unspecified atom stereocenters. The number of rotatable bonds is 8. The van der Waals surface area contributed by atoms with Crippen molar-refractivity contribution in [2.24, 2.45) is 0 Å². The lowest BCUT2D eigenvalue weighted by Gasteiger charge is -2.36. The number of hydrogen-bond donors (Lipinski definition) is 4. The van der Waals surface area contributed by atoms with E-state index < -0.39 is 22.2 Å². The number of aliphatic hydroxyl groups is 1. The van der Waals surface area contributed by atoms with Gasteiger partial charge in [-0.3, -0.25) is 0 Å². The Kier molecular flexibility index (Phi) is 8.79. The van der Waals surface area contributed by atoms with Crippen LogP contribution in [-0.4, -0.2) is 56.7 Å². The standard InChI is InChI=1S/C17H25Cl2N3O5S/c1-2-28(25,26)20-6-5-14-3-4-15(16(10-23)27-14)22-17(24)21-13-8-11(18)7-12(19)9-13/h7-9,14-16,20,23H,2-6,10H2,1H3,(H2,21,22,24)/t14-,15-,16-/m1/s1. The van der Waals surface area contributed by atoms with Crippen LogP contribution in [-0.2, 0) is 14.8 Å². The van der Waals surface area contributed by atoms with Crippen LogP contribution in [0.1, 0.15) is 26.2 Å². The highest BCUT2D eigenvalue weighted by molar-refractivity contribution is 7.89. The summed E-state index contributed by atoms with van der Waals surface area (Å²) in [4.78, 5) is 12.2. The Morgan fingerprint density at radius 3 is 2.54 bits per heavy atom. The fourth-order valence-electron chi connectivity index (χ4n) is 2.95. The number of urea groups is 1. The van der Waals surface area contributed by atoms with Crippen molar-refractivity contribution >= 4 is 44.9 Å². The van der Waals surface area contributed by atoms with Crippen molar-refractivity contribution in [3.05, 3.63) is 28.2 Å². The molecule has 0 aliphatic carbocycles. The Bertz CT molecular complexity index is 758. The van der Waals surface area contributed by atoms with Crippen molar-refractivity contribution in [2.75, 3.05) is 24.2 Å². The van der Waals surface area contributed by atoms with Gasteiger partial charge in [0.2, 0.25) is 10.0 Å². The molecule has 1 aliphatic heterocycles. The maximum Gasteiger partial charge on any atom is 0.319 e. The first-order valence-corrected chi connectivity index (χ1v) is 11.4. The van der Waals surface area contributed by atoms with Crippen LogP contribution in [0.15, 0.2) is 18.2 Å². The number of nitrogens with one attached hydrogen (secondary N) is 3. The minimum atomic E-state index is -3.24. The van der Waals surface area contributed by atoms with Crippen LogP contribution in [0.5, 0.6) is 0 Å². The van der Waals surface area contributed by atoms with Crippen LogP contribution in [0.25, 0.3) is 0 Å². The topological polar surface area (TPSA) is 117 Å². The zero-order chi connectivity index (χ0) is 20.7. The Balaban J connectivity index is 1.83. The molecule has 1 aliphatic rings. The van der Waals surface area contributed by atoms with E-state index in [0.717, 1.165) is 0 Å². The molecule has 11 heteroatoms. The summed E-state index contributed by atoms with van der Waals surface area (Å²) in [5, 5.41) is 15.8. The van der Waals surface area contributed by atoms with E-state index in [1.807, 2.05) is 0 Å². The Morgan fingerprint density at radius 2 is 1.93 bits per heavy atom. The minimum Gasteiger partial charge on any atom is -0.394 e. The summed E-state index contributed by atoms with van der Waals surface area (Å²) in [7, 11) is -3.24. The molecule has 0 aromatic heterocycles. The molecular formula is C17H25Cl2N3O5S. The van der Waals surface area contributed by atoms with Gasteiger partial charge in [-0.15, -0.1) is 0 Å². The monoisotopic (exact) mass is 453 g/mol. The molecule has 4 N–H and O–H groups in total. The number of ether oxygens (including phenoxy) is 1. The highest BCUT2D eigenvalue weighted by Crippen LogP contribution is 2.24. The van der Waals surface area contributed by atoms with Gasteiger partial charge in [0.05, 0.1) is 24.5 Å². The maximum atomic E-state index is 12.2. The van der Waals surface area contributed by atoms with Crippen molar-refractivity contribution in [3.8, 4) is 0 Å². The summed E-state index contributed by atoms with van der Waals surface area (Å²) in [5.41, 5.74) is 0.452. The van der Waals surface area contributed by atoms with Crippen LogP contribution >= 0.6 is 23.2 Å². The lowest BCUT2D eigenvalue weighted by Crippen LogP contribution is -2.52. The van der Waals surface area contributed by atoms with Crippen LogP contribution in [0.2, 0.25) is 10.0 Å². The predicted octanol–water partition coefficient (Wildman–Crippen LogP) is 2.35. The van der Waals surface area contributed by atoms with Crippen LogP contribution in [0, 0.1) is 0 Å². The summed E-state index contributed by atoms with van der Waals surface area (Å²) < 4.78 is 31.2. The first kappa shape index (κ1) is 23.2. The fraction of sp³-hybridized carbons (Fsp3) is 0.588. The van der Waals surface area contributed by atoms with Gasteiger partial charge >= 0.3 is 6.03 Å². The van der Waals surface area contributed by atoms with Gasteiger partial charge in [-0.1, -0.05) is 23.2 Å². The van der Waals surface area contributed by atoms with Crippen LogP contribution in [0.4, 0.5) is 10.5 Å². The summed E-state index contributed by atoms with van der Waals surface area (Å²) in [6, 6.07) is 3.87. The first-order valence-electron chi connectivity index (χ1n) is 8.99. The molecule has 1 fully saturated rings. The largest absolute Gasteiger partial charge is 0.394 e. The zero-order valence-electron chi connectivity index (χ0n) is 15.5. The third-order valence-corrected chi connectivity index (χ3v) is 6.24. The Morgan fingerprint density at radius 1 is 1.25 bits per heavy atom. The number of carbonyl (C=O) groups is 1. The molecule has 28 heavy (non-hydrogen) atoms. The molecule has 1 saturated heterocycles. The van der Waals surface area contributed by atoms with E-state index >= 15 is 0 Å². The molecule has 1 aromatic carbocycles. The van der Waals surface area contributed by atoms with E-state index in [0.29, 0.717) is 35.0 Å². The third-order valence-electron chi connectivity index (χ3n) is 4.40. The summed E-state index contributed by atoms with van der Waals surface area (Å²) >= 11 is 11.8. The highest BCUT2D eigenvalue weighted by atomic mass is 35.5. The average molecular weight is 454 g/mol. The highest BCUT2D eigenvalue weighted by Gasteiger charge is 2.31. The second-order valence-corrected chi connectivity index (χ2v) is 9.47. The average Bonchev–Trinajstić information content (AvgIpc) is 2.61. The summed E-state index contributed by atoms with van der Waals surface area (Å²) in [6.07, 6.45) is 0.966. The van der Waals surface area contributed by atoms with Crippen molar-refractivity contribution in [3.63, 3.8) is 0 Å². The second kappa shape index (κ2) is 10.6. The van der Waals surface area contributed by atoms with E-state index in [2.05, 4.69) is 15.4 Å². The van der Waals surface area contributed by atoms with Crippen molar-refractivity contribution in [2.45, 2.75) is 44.4 Å². The van der Waals surface area contributed by atoms with E-state index in [1.54, 1.807) is 25.1 Å². The van der Waals surface area contributed by atoms with Gasteiger partial charge in [0.1, 0.15) is 6.10 Å². The molecule has 3 atom stereocenters. The van der Waals surface area contributed by atoms with Crippen molar-refractivity contribution in [1.82, 2.24) is 10.0 Å². The molecule has 0 spiro atoms. The summed E-state index contributed by atoms with van der Waals surface area (Å²) in [6.45, 7) is 1.58. The number of amides is 2. The van der Waals surface area contributed by atoms with Crippen molar-refractivity contribution in [1.29, 1.82) is 0 Å². The Labute approximate surface area is 175 Å². The molecule has 1 aromatic rings. The quantitative estimate of drug-likeness (QED) is 0.481. The second-order valence-electron chi connectivity index (χ2n) is 6.51. The third kappa shape index (κ3) is 7.38. The molecular weight excluding hydrogens is 429 g/mol. The van der Waals surface area contributed by atoms with Crippen LogP contribution < -0.4 is 15.4 Å². The molecule has 0 saturated carbocycles. The van der Waals surface area contributed by atoms with E-state index in [4.69, 9.17) is 27.9 Å². The summed E-state index contributed by atoms with van der Waals surface area (Å²) in [5.74, 6) is 0.0245. The molecule has 0 radical (unpaired) electrons. The van der Waals surface area contributed by atoms with Crippen molar-refractivity contribution < 1.29 is 23.1 Å². The zero-order valence-corrected chi connectivity index (χ0v) is 17.8. The lowest BCUT2D eigenvalue weighted by molar-refractivity contribution is -0.0884. The van der Waals surface area contributed by atoms with Gasteiger partial charge in [0.25, 0.3) is 0 Å². The molecule has 1 heterocycles. The number of aliphatic hydroxyl groups excluding tert-OH is 1. The number of sulfonamides is 1. The number of benzene rings is 1. The molecule has 8 nitrogen and oxygen atoms in total. The Hall–Kier alpha value is -1.10. The van der Waals surface area contributed by atoms with Gasteiger partial charge in [-0.25, -0.2) is 17.9 Å². The van der Waals surface area contributed by atoms with E-state index in [9.17, 15) is 18.3 Å². The fourth-order valence-corrected chi connectivity index (χ4v) is 4.11. The molecule has 2 amide bonds. The molecule has 2 rings (SSSR count). The SMILES string of the molecule is CCS(=O)(=O)NCC[C@H]1CC[C@@H](NC(=O)Nc2cc(Cl)cc(Cl)c2)[C@@H](CO)O1. The maximum absolute atomic E-state index is 12.2.